The van der Waals surface area contributed by atoms with Crippen LogP contribution >= 0.6 is 15.9 Å². The van der Waals surface area contributed by atoms with E-state index in [1.54, 1.807) is 31.4 Å². The van der Waals surface area contributed by atoms with Crippen LogP contribution in [0.2, 0.25) is 0 Å². The van der Waals surface area contributed by atoms with E-state index < -0.39 is 0 Å². The zero-order valence-corrected chi connectivity index (χ0v) is 8.14. The van der Waals surface area contributed by atoms with Crippen molar-refractivity contribution in [3.05, 3.63) is 34.6 Å². The molecule has 0 fully saturated rings. The molecule has 0 unspecified atom stereocenters. The second kappa shape index (κ2) is 4.26. The molecule has 0 spiro atoms. The van der Waals surface area contributed by atoms with E-state index in [0.29, 0.717) is 0 Å². The Hall–Kier alpha value is -0.830. The predicted octanol–water partition coefficient (Wildman–Crippen LogP) is 3.36. The Morgan fingerprint density at radius 2 is 2.00 bits per heavy atom. The van der Waals surface area contributed by atoms with E-state index in [1.807, 2.05) is 0 Å². The third-order valence-electron chi connectivity index (χ3n) is 1.39. The van der Waals surface area contributed by atoms with Gasteiger partial charge in [0.2, 0.25) is 0 Å². The molecule has 0 aliphatic heterocycles. The largest absolute Gasteiger partial charge is 0.497 e. The maximum atomic E-state index is 12.3. The number of methoxy groups -OCH3 is 1. The Balaban J connectivity index is 2.85. The number of ether oxygens (including phenoxy) is 1. The van der Waals surface area contributed by atoms with Gasteiger partial charge in [-0.25, -0.2) is 0 Å². The molecule has 0 amide bonds. The molecular formula is C9H8BrFO. The second-order valence-electron chi connectivity index (χ2n) is 2.21. The lowest BCUT2D eigenvalue weighted by atomic mass is 10.2. The first-order valence-electron chi connectivity index (χ1n) is 3.39. The molecule has 1 nitrogen and oxygen atoms in total. The van der Waals surface area contributed by atoms with Gasteiger partial charge in [-0.1, -0.05) is 12.1 Å². The number of benzene rings is 1. The molecule has 0 saturated heterocycles. The van der Waals surface area contributed by atoms with Crippen LogP contribution in [0.25, 0.3) is 6.08 Å². The number of rotatable bonds is 2. The number of halogens is 2. The van der Waals surface area contributed by atoms with E-state index in [0.717, 1.165) is 11.3 Å². The molecule has 0 aromatic heterocycles. The van der Waals surface area contributed by atoms with Gasteiger partial charge in [0, 0.05) is 0 Å². The SMILES string of the molecule is COc1ccc(/C=C(\F)Br)cc1. The van der Waals surface area contributed by atoms with Crippen molar-refractivity contribution >= 4 is 22.0 Å². The van der Waals surface area contributed by atoms with Gasteiger partial charge in [0.15, 0.2) is 4.74 Å². The molecule has 0 heterocycles. The summed E-state index contributed by atoms with van der Waals surface area (Å²) >= 11 is 2.71. The maximum Gasteiger partial charge on any atom is 0.166 e. The first-order valence-corrected chi connectivity index (χ1v) is 4.18. The van der Waals surface area contributed by atoms with Crippen LogP contribution in [0, 0.1) is 0 Å². The quantitative estimate of drug-likeness (QED) is 0.758. The highest BCUT2D eigenvalue weighted by Gasteiger charge is 1.91. The molecule has 0 aliphatic carbocycles. The summed E-state index contributed by atoms with van der Waals surface area (Å²) in [5.74, 6) is 0.766. The summed E-state index contributed by atoms with van der Waals surface area (Å²) in [6, 6.07) is 7.11. The molecule has 1 aromatic rings. The van der Waals surface area contributed by atoms with Crippen LogP contribution in [0.5, 0.6) is 5.75 Å². The van der Waals surface area contributed by atoms with Crippen LogP contribution in [0.3, 0.4) is 0 Å². The molecule has 3 heteroatoms. The average molecular weight is 231 g/mol. The smallest absolute Gasteiger partial charge is 0.166 e. The Kier molecular flexibility index (Phi) is 3.29. The highest BCUT2D eigenvalue weighted by atomic mass is 79.9. The van der Waals surface area contributed by atoms with E-state index in [4.69, 9.17) is 4.74 Å². The zero-order valence-electron chi connectivity index (χ0n) is 6.55. The van der Waals surface area contributed by atoms with Crippen molar-refractivity contribution in [1.29, 1.82) is 0 Å². The Labute approximate surface area is 79.0 Å². The molecule has 0 aliphatic rings. The molecule has 0 bridgehead atoms. The molecule has 0 radical (unpaired) electrons. The third kappa shape index (κ3) is 2.66. The zero-order chi connectivity index (χ0) is 8.97. The lowest BCUT2D eigenvalue weighted by Crippen LogP contribution is -1.81. The Morgan fingerprint density at radius 3 is 2.42 bits per heavy atom. The van der Waals surface area contributed by atoms with Crippen molar-refractivity contribution in [3.63, 3.8) is 0 Å². The van der Waals surface area contributed by atoms with Gasteiger partial charge in [-0.3, -0.25) is 0 Å². The minimum absolute atomic E-state index is 0.382. The summed E-state index contributed by atoms with van der Waals surface area (Å²) in [4.78, 5) is 0. The monoisotopic (exact) mass is 230 g/mol. The highest BCUT2D eigenvalue weighted by Crippen LogP contribution is 2.16. The molecule has 64 valence electrons. The lowest BCUT2D eigenvalue weighted by Gasteiger charge is -1.98. The lowest BCUT2D eigenvalue weighted by molar-refractivity contribution is 0.415. The molecule has 1 rings (SSSR count). The summed E-state index contributed by atoms with van der Waals surface area (Å²) in [6.45, 7) is 0. The predicted molar refractivity (Wildman–Crippen MR) is 51.0 cm³/mol. The van der Waals surface area contributed by atoms with Gasteiger partial charge < -0.3 is 4.74 Å². The summed E-state index contributed by atoms with van der Waals surface area (Å²) in [5.41, 5.74) is 0.796. The number of hydrogen-bond acceptors (Lipinski definition) is 1. The van der Waals surface area contributed by atoms with Crippen molar-refractivity contribution in [1.82, 2.24) is 0 Å². The highest BCUT2D eigenvalue weighted by molar-refractivity contribution is 9.11. The summed E-state index contributed by atoms with van der Waals surface area (Å²) in [6.07, 6.45) is 1.39. The van der Waals surface area contributed by atoms with Crippen LogP contribution in [0.4, 0.5) is 4.39 Å². The first kappa shape index (κ1) is 9.26. The normalized spacial score (nSPS) is 11.4. The van der Waals surface area contributed by atoms with Crippen LogP contribution in [0.1, 0.15) is 5.56 Å². The van der Waals surface area contributed by atoms with E-state index >= 15 is 0 Å². The van der Waals surface area contributed by atoms with E-state index in [1.165, 1.54) is 6.08 Å². The standard InChI is InChI=1S/C9H8BrFO/c1-12-8-4-2-7(3-5-8)6-9(10)11/h2-6H,1H3/b9-6-. The molecule has 0 atom stereocenters. The average Bonchev–Trinajstić information content (AvgIpc) is 2.05. The molecule has 0 N–H and O–H groups in total. The topological polar surface area (TPSA) is 9.23 Å². The van der Waals surface area contributed by atoms with Gasteiger partial charge in [0.1, 0.15) is 5.75 Å². The fourth-order valence-corrected chi connectivity index (χ4v) is 1.09. The molecule has 12 heavy (non-hydrogen) atoms. The van der Waals surface area contributed by atoms with E-state index in [2.05, 4.69) is 15.9 Å². The fraction of sp³-hybridized carbons (Fsp3) is 0.111. The van der Waals surface area contributed by atoms with Gasteiger partial charge in [0.25, 0.3) is 0 Å². The van der Waals surface area contributed by atoms with Crippen molar-refractivity contribution in [3.8, 4) is 5.75 Å². The summed E-state index contributed by atoms with van der Waals surface area (Å²) < 4.78 is 16.9. The maximum absolute atomic E-state index is 12.3. The Bertz CT molecular complexity index is 275. The van der Waals surface area contributed by atoms with Gasteiger partial charge in [0.05, 0.1) is 7.11 Å². The van der Waals surface area contributed by atoms with Gasteiger partial charge in [-0.05, 0) is 39.7 Å². The van der Waals surface area contributed by atoms with E-state index in [9.17, 15) is 4.39 Å². The van der Waals surface area contributed by atoms with Crippen LogP contribution < -0.4 is 4.74 Å². The van der Waals surface area contributed by atoms with Crippen molar-refractivity contribution in [2.45, 2.75) is 0 Å². The van der Waals surface area contributed by atoms with E-state index in [-0.39, 0.29) is 4.74 Å². The van der Waals surface area contributed by atoms with Crippen LogP contribution in [-0.4, -0.2) is 7.11 Å². The van der Waals surface area contributed by atoms with Crippen LogP contribution in [0.15, 0.2) is 29.0 Å². The minimum atomic E-state index is -0.382. The van der Waals surface area contributed by atoms with Gasteiger partial charge in [-0.2, -0.15) is 4.39 Å². The first-order chi connectivity index (χ1) is 5.72. The molecule has 0 saturated carbocycles. The summed E-state index contributed by atoms with van der Waals surface area (Å²) in [5, 5.41) is 0. The van der Waals surface area contributed by atoms with Gasteiger partial charge >= 0.3 is 0 Å². The second-order valence-corrected chi connectivity index (χ2v) is 2.96. The fourth-order valence-electron chi connectivity index (χ4n) is 0.826. The van der Waals surface area contributed by atoms with Crippen LogP contribution in [-0.2, 0) is 0 Å². The third-order valence-corrected chi connectivity index (χ3v) is 1.62. The molecular weight excluding hydrogens is 223 g/mol. The van der Waals surface area contributed by atoms with Crippen molar-refractivity contribution in [2.24, 2.45) is 0 Å². The minimum Gasteiger partial charge on any atom is -0.497 e. The van der Waals surface area contributed by atoms with Gasteiger partial charge in [-0.15, -0.1) is 0 Å². The summed E-state index contributed by atoms with van der Waals surface area (Å²) in [7, 11) is 1.59. The Morgan fingerprint density at radius 1 is 1.42 bits per heavy atom. The van der Waals surface area contributed by atoms with Crippen molar-refractivity contribution in [2.75, 3.05) is 7.11 Å². The van der Waals surface area contributed by atoms with Crippen molar-refractivity contribution < 1.29 is 9.13 Å². The number of hydrogen-bond donors (Lipinski definition) is 0. The molecule has 1 aromatic carbocycles.